The summed E-state index contributed by atoms with van der Waals surface area (Å²) in [5.74, 6) is 2.17. The quantitative estimate of drug-likeness (QED) is 0.579. The summed E-state index contributed by atoms with van der Waals surface area (Å²) in [5, 5.41) is 7.39. The molecular formula is C19H37N5OS. The molecule has 1 aliphatic carbocycles. The van der Waals surface area contributed by atoms with Gasteiger partial charge in [-0.25, -0.2) is 10.9 Å². The first kappa shape index (κ1) is 20.4. The molecule has 3 fully saturated rings. The molecule has 2 heterocycles. The van der Waals surface area contributed by atoms with Gasteiger partial charge in [-0.05, 0) is 57.0 Å². The Labute approximate surface area is 163 Å². The van der Waals surface area contributed by atoms with E-state index < -0.39 is 0 Å². The zero-order valence-corrected chi connectivity index (χ0v) is 17.6. The first-order chi connectivity index (χ1) is 12.4. The highest BCUT2D eigenvalue weighted by atomic mass is 32.2. The number of hydrogen-bond donors (Lipinski definition) is 4. The number of hydrazine groups is 1. The van der Waals surface area contributed by atoms with Crippen LogP contribution in [0.25, 0.3) is 0 Å². The van der Waals surface area contributed by atoms with Gasteiger partial charge in [-0.3, -0.25) is 9.69 Å². The van der Waals surface area contributed by atoms with Crippen molar-refractivity contribution in [1.29, 1.82) is 0 Å². The van der Waals surface area contributed by atoms with Gasteiger partial charge in [0.25, 0.3) is 0 Å². The number of carbonyl (C=O) groups is 1. The maximum atomic E-state index is 12.7. The SMILES string of the molecule is CC1CNC(C(=O)NC2CCCC([C@H](C)SC3NNCN3C)C2)CC1C. The average molecular weight is 384 g/mol. The smallest absolute Gasteiger partial charge is 0.237 e. The summed E-state index contributed by atoms with van der Waals surface area (Å²) in [6.45, 7) is 8.72. The highest BCUT2D eigenvalue weighted by molar-refractivity contribution is 8.00. The number of amides is 1. The molecule has 4 N–H and O–H groups in total. The molecule has 0 bridgehead atoms. The van der Waals surface area contributed by atoms with Crippen LogP contribution in [0, 0.1) is 17.8 Å². The van der Waals surface area contributed by atoms with E-state index in [0.29, 0.717) is 34.5 Å². The Hall–Kier alpha value is -0.340. The van der Waals surface area contributed by atoms with E-state index in [0.717, 1.165) is 32.5 Å². The summed E-state index contributed by atoms with van der Waals surface area (Å²) in [4.78, 5) is 15.0. The van der Waals surface area contributed by atoms with Crippen LogP contribution in [-0.4, -0.2) is 53.9 Å². The first-order valence-electron chi connectivity index (χ1n) is 10.3. The number of rotatable bonds is 5. The lowest BCUT2D eigenvalue weighted by molar-refractivity contribution is -0.125. The molecule has 2 aliphatic heterocycles. The predicted octanol–water partition coefficient (Wildman–Crippen LogP) is 1.70. The highest BCUT2D eigenvalue weighted by Gasteiger charge is 2.33. The Morgan fingerprint density at radius 3 is 2.73 bits per heavy atom. The molecule has 6 nitrogen and oxygen atoms in total. The van der Waals surface area contributed by atoms with Gasteiger partial charge < -0.3 is 10.6 Å². The second-order valence-corrected chi connectivity index (χ2v) is 10.2. The zero-order valence-electron chi connectivity index (χ0n) is 16.8. The molecule has 0 aromatic heterocycles. The predicted molar refractivity (Wildman–Crippen MR) is 108 cm³/mol. The van der Waals surface area contributed by atoms with Crippen molar-refractivity contribution in [2.24, 2.45) is 17.8 Å². The largest absolute Gasteiger partial charge is 0.352 e. The van der Waals surface area contributed by atoms with Crippen LogP contribution in [0.2, 0.25) is 0 Å². The van der Waals surface area contributed by atoms with Crippen molar-refractivity contribution in [2.75, 3.05) is 20.3 Å². The third kappa shape index (κ3) is 5.13. The number of piperidine rings is 1. The fraction of sp³-hybridized carbons (Fsp3) is 0.947. The van der Waals surface area contributed by atoms with Gasteiger partial charge in [0.05, 0.1) is 12.7 Å². The van der Waals surface area contributed by atoms with Gasteiger partial charge in [-0.2, -0.15) is 0 Å². The topological polar surface area (TPSA) is 68.4 Å². The fourth-order valence-electron chi connectivity index (χ4n) is 4.41. The number of nitrogens with one attached hydrogen (secondary N) is 4. The molecule has 7 atom stereocenters. The molecule has 3 aliphatic rings. The molecule has 3 rings (SSSR count). The van der Waals surface area contributed by atoms with E-state index in [4.69, 9.17) is 0 Å². The van der Waals surface area contributed by atoms with Crippen LogP contribution in [0.4, 0.5) is 0 Å². The highest BCUT2D eigenvalue weighted by Crippen LogP contribution is 2.35. The van der Waals surface area contributed by atoms with Crippen molar-refractivity contribution in [3.05, 3.63) is 0 Å². The van der Waals surface area contributed by atoms with Gasteiger partial charge in [0, 0.05) is 11.3 Å². The van der Waals surface area contributed by atoms with Crippen LogP contribution in [0.15, 0.2) is 0 Å². The normalized spacial score (nSPS) is 40.3. The Kier molecular flexibility index (Phi) is 7.25. The summed E-state index contributed by atoms with van der Waals surface area (Å²) in [5.41, 5.74) is 6.87. The van der Waals surface area contributed by atoms with Crippen molar-refractivity contribution in [3.8, 4) is 0 Å². The molecule has 26 heavy (non-hydrogen) atoms. The Balaban J connectivity index is 1.46. The molecule has 0 aromatic carbocycles. The first-order valence-corrected chi connectivity index (χ1v) is 11.3. The number of carbonyl (C=O) groups excluding carboxylic acids is 1. The Morgan fingerprint density at radius 1 is 1.23 bits per heavy atom. The summed E-state index contributed by atoms with van der Waals surface area (Å²) in [6, 6.07) is 0.337. The van der Waals surface area contributed by atoms with Crippen molar-refractivity contribution < 1.29 is 4.79 Å². The van der Waals surface area contributed by atoms with Gasteiger partial charge in [0.2, 0.25) is 5.91 Å². The maximum Gasteiger partial charge on any atom is 0.237 e. The third-order valence-electron chi connectivity index (χ3n) is 6.60. The van der Waals surface area contributed by atoms with Gasteiger partial charge >= 0.3 is 0 Å². The molecule has 7 heteroatoms. The van der Waals surface area contributed by atoms with Gasteiger partial charge in [0.1, 0.15) is 5.50 Å². The summed E-state index contributed by atoms with van der Waals surface area (Å²) in [6.07, 6.45) is 5.70. The molecule has 0 spiro atoms. The molecule has 6 unspecified atom stereocenters. The van der Waals surface area contributed by atoms with Crippen LogP contribution >= 0.6 is 11.8 Å². The maximum absolute atomic E-state index is 12.7. The van der Waals surface area contributed by atoms with Crippen molar-refractivity contribution >= 4 is 17.7 Å². The summed E-state index contributed by atoms with van der Waals surface area (Å²) < 4.78 is 0. The van der Waals surface area contributed by atoms with E-state index in [1.165, 1.54) is 12.8 Å². The molecule has 2 saturated heterocycles. The van der Waals surface area contributed by atoms with E-state index >= 15 is 0 Å². The second-order valence-electron chi connectivity index (χ2n) is 8.71. The minimum absolute atomic E-state index is 0.00390. The number of thioether (sulfide) groups is 1. The molecule has 1 saturated carbocycles. The molecule has 0 radical (unpaired) electrons. The van der Waals surface area contributed by atoms with Crippen LogP contribution in [0.5, 0.6) is 0 Å². The minimum atomic E-state index is -0.00390. The average Bonchev–Trinajstić information content (AvgIpc) is 3.02. The van der Waals surface area contributed by atoms with Gasteiger partial charge in [-0.15, -0.1) is 11.8 Å². The number of nitrogens with zero attached hydrogens (tertiary/aromatic N) is 1. The van der Waals surface area contributed by atoms with Crippen LogP contribution < -0.4 is 21.5 Å². The second kappa shape index (κ2) is 9.24. The fourth-order valence-corrected chi connectivity index (χ4v) is 5.72. The minimum Gasteiger partial charge on any atom is -0.352 e. The molecule has 150 valence electrons. The standard InChI is InChI=1S/C19H37N5OS/c1-12-8-17(20-10-13(12)2)18(25)22-16-7-5-6-15(9-16)14(3)26-19-23-21-11-24(19)4/h12-17,19-21,23H,5-11H2,1-4H3,(H,22,25)/t12?,13?,14-,15?,16?,17?,19?/m0/s1. The Morgan fingerprint density at radius 2 is 2.04 bits per heavy atom. The van der Waals surface area contributed by atoms with Gasteiger partial charge in [-0.1, -0.05) is 27.2 Å². The van der Waals surface area contributed by atoms with E-state index in [-0.39, 0.29) is 11.9 Å². The van der Waals surface area contributed by atoms with E-state index in [1.54, 1.807) is 0 Å². The van der Waals surface area contributed by atoms with Crippen molar-refractivity contribution in [3.63, 3.8) is 0 Å². The molecule has 1 amide bonds. The lowest BCUT2D eigenvalue weighted by Crippen LogP contribution is -2.53. The van der Waals surface area contributed by atoms with E-state index in [1.807, 2.05) is 11.8 Å². The van der Waals surface area contributed by atoms with E-state index in [2.05, 4.69) is 54.2 Å². The number of hydrogen-bond acceptors (Lipinski definition) is 6. The molecular weight excluding hydrogens is 346 g/mol. The summed E-state index contributed by atoms with van der Waals surface area (Å²) >= 11 is 2.00. The van der Waals surface area contributed by atoms with Crippen LogP contribution in [-0.2, 0) is 4.79 Å². The monoisotopic (exact) mass is 383 g/mol. The zero-order chi connectivity index (χ0) is 18.7. The third-order valence-corrected chi connectivity index (χ3v) is 8.15. The van der Waals surface area contributed by atoms with Crippen LogP contribution in [0.1, 0.15) is 52.9 Å². The Bertz CT molecular complexity index is 479. The lowest BCUT2D eigenvalue weighted by atomic mass is 9.83. The van der Waals surface area contributed by atoms with Gasteiger partial charge in [0.15, 0.2) is 0 Å². The lowest BCUT2D eigenvalue weighted by Gasteiger charge is -2.37. The molecule has 0 aromatic rings. The summed E-state index contributed by atoms with van der Waals surface area (Å²) in [7, 11) is 2.14. The van der Waals surface area contributed by atoms with Crippen molar-refractivity contribution in [1.82, 2.24) is 26.4 Å². The van der Waals surface area contributed by atoms with Crippen LogP contribution in [0.3, 0.4) is 0 Å². The van der Waals surface area contributed by atoms with E-state index in [9.17, 15) is 4.79 Å². The van der Waals surface area contributed by atoms with Crippen molar-refractivity contribution in [2.45, 2.75) is 75.7 Å².